The Labute approximate surface area is 287 Å². The summed E-state index contributed by atoms with van der Waals surface area (Å²) < 4.78 is 1.78. The summed E-state index contributed by atoms with van der Waals surface area (Å²) in [5.41, 5.74) is 6.35. The van der Waals surface area contributed by atoms with E-state index in [0.29, 0.717) is 30.3 Å². The lowest BCUT2D eigenvalue weighted by Crippen LogP contribution is -2.45. The van der Waals surface area contributed by atoms with Gasteiger partial charge in [0.1, 0.15) is 30.4 Å². The first-order valence-corrected chi connectivity index (χ1v) is 15.6. The van der Waals surface area contributed by atoms with Gasteiger partial charge in [-0.1, -0.05) is 0 Å². The van der Waals surface area contributed by atoms with Crippen LogP contribution >= 0.6 is 0 Å². The molecule has 3 heterocycles. The molecule has 21 heteroatoms. The fraction of sp³-hybridized carbons (Fsp3) is 0.400. The molecule has 2 aliphatic heterocycles. The number of amides is 3. The maximum absolute atomic E-state index is 12.9. The van der Waals surface area contributed by atoms with Gasteiger partial charge in [-0.2, -0.15) is 4.98 Å². The van der Waals surface area contributed by atoms with E-state index in [4.69, 9.17) is 15.9 Å². The van der Waals surface area contributed by atoms with E-state index in [2.05, 4.69) is 31.2 Å². The quantitative estimate of drug-likeness (QED) is 0.0799. The molecule has 0 spiro atoms. The van der Waals surface area contributed by atoms with Crippen LogP contribution in [0.25, 0.3) is 0 Å². The van der Waals surface area contributed by atoms with Gasteiger partial charge < -0.3 is 47.4 Å². The zero-order chi connectivity index (χ0) is 37.4. The highest BCUT2D eigenvalue weighted by Crippen LogP contribution is 2.29. The monoisotopic (exact) mass is 714 g/mol. The number of H-pyrrole nitrogens is 1. The molecule has 4 atom stereocenters. The first-order valence-electron chi connectivity index (χ1n) is 15.6. The second kappa shape index (κ2) is 16.2. The molecule has 3 amide bonds. The number of nitrogens with zero attached hydrogens (tertiary/aromatic N) is 3. The number of nitrogens with two attached hydrogens (primary N) is 1. The van der Waals surface area contributed by atoms with Crippen LogP contribution in [0.2, 0.25) is 0 Å². The maximum atomic E-state index is 12.9. The van der Waals surface area contributed by atoms with Gasteiger partial charge in [0.15, 0.2) is 11.9 Å². The third kappa shape index (κ3) is 9.77. The van der Waals surface area contributed by atoms with Gasteiger partial charge in [0.05, 0.1) is 6.54 Å². The van der Waals surface area contributed by atoms with Crippen LogP contribution in [0.4, 0.5) is 23.1 Å². The molecule has 2 aliphatic rings. The van der Waals surface area contributed by atoms with E-state index >= 15 is 0 Å². The normalized spacial score (nSPS) is 16.2. The minimum absolute atomic E-state index is 0.0163. The molecule has 0 saturated heterocycles. The van der Waals surface area contributed by atoms with E-state index in [-0.39, 0.29) is 17.6 Å². The smallest absolute Gasteiger partial charge is 0.326 e. The van der Waals surface area contributed by atoms with E-state index in [9.17, 15) is 48.6 Å². The molecule has 0 unspecified atom stereocenters. The number of nitrogen functional groups attached to an aromatic ring is 1. The van der Waals surface area contributed by atoms with Crippen LogP contribution in [0, 0.1) is 0 Å². The number of carboxylic acid groups (broad SMARTS) is 4. The predicted molar refractivity (Wildman–Crippen MR) is 175 cm³/mol. The molecular formula is C30H36N9O12+. The average Bonchev–Trinajstić information content (AvgIpc) is 3.50. The number of rotatable bonds is 17. The zero-order valence-electron chi connectivity index (χ0n) is 26.8. The van der Waals surface area contributed by atoms with Crippen molar-refractivity contribution in [3.63, 3.8) is 0 Å². The third-order valence-corrected chi connectivity index (χ3v) is 8.04. The van der Waals surface area contributed by atoms with Gasteiger partial charge in [-0.3, -0.25) is 29.0 Å². The van der Waals surface area contributed by atoms with Crippen molar-refractivity contribution in [2.75, 3.05) is 29.0 Å². The first kappa shape index (κ1) is 37.3. The first-order chi connectivity index (χ1) is 24.1. The Morgan fingerprint density at radius 3 is 1.90 bits per heavy atom. The Morgan fingerprint density at radius 2 is 1.37 bits per heavy atom. The van der Waals surface area contributed by atoms with Crippen LogP contribution in [-0.4, -0.2) is 120 Å². The summed E-state index contributed by atoms with van der Waals surface area (Å²) in [4.78, 5) is 104. The van der Waals surface area contributed by atoms with E-state index in [1.54, 1.807) is 23.0 Å². The Hall–Kier alpha value is -6.54. The van der Waals surface area contributed by atoms with E-state index in [1.807, 2.05) is 4.90 Å². The van der Waals surface area contributed by atoms with Gasteiger partial charge in [-0.25, -0.2) is 23.9 Å². The fourth-order valence-electron chi connectivity index (χ4n) is 5.41. The molecule has 51 heavy (non-hydrogen) atoms. The standard InChI is InChI=1S/C30H35N9O12/c31-30-36-24-23(26(45)37-30)39-13-38(12-16(39)11-32-24)15-3-1-14(2-4-15)25(44)35-19(29(50)51)6-9-21(41)33-17(27(46)47)5-8-20(40)34-18(28(48)49)7-10-22(42)43/h1-4,13,16-19H,5-12H2,(H10-,31,32,33,34,35,36,37,40,41,42,43,44,45,46,47,48,49,50,51)/p+1/t16-,17+,18+,19+/m1/s1. The van der Waals surface area contributed by atoms with Crippen molar-refractivity contribution < 1.29 is 58.6 Å². The number of hydrogen-bond acceptors (Lipinski definition) is 12. The lowest BCUT2D eigenvalue weighted by molar-refractivity contribution is -0.468. The van der Waals surface area contributed by atoms with Gasteiger partial charge in [0.2, 0.25) is 29.8 Å². The molecule has 1 aromatic heterocycles. The fourth-order valence-corrected chi connectivity index (χ4v) is 5.41. The molecule has 0 saturated carbocycles. The number of carboxylic acids is 4. The number of aromatic amines is 1. The predicted octanol–water partition coefficient (Wildman–Crippen LogP) is -1.91. The minimum Gasteiger partial charge on any atom is -0.481 e. The van der Waals surface area contributed by atoms with Crippen LogP contribution in [-0.2, 0) is 28.8 Å². The number of nitrogens with one attached hydrogen (secondary N) is 5. The Bertz CT molecular complexity index is 1810. The number of hydrogen-bond donors (Lipinski definition) is 10. The van der Waals surface area contributed by atoms with Crippen molar-refractivity contribution in [1.29, 1.82) is 0 Å². The Balaban J connectivity index is 1.29. The number of benzene rings is 1. The lowest BCUT2D eigenvalue weighted by Gasteiger charge is -2.20. The van der Waals surface area contributed by atoms with Gasteiger partial charge in [0.25, 0.3) is 5.91 Å². The molecule has 0 bridgehead atoms. The summed E-state index contributed by atoms with van der Waals surface area (Å²) >= 11 is 0. The average molecular weight is 715 g/mol. The van der Waals surface area contributed by atoms with Crippen molar-refractivity contribution in [2.24, 2.45) is 0 Å². The van der Waals surface area contributed by atoms with Crippen molar-refractivity contribution >= 4 is 71.1 Å². The summed E-state index contributed by atoms with van der Waals surface area (Å²) in [6.45, 7) is 0.992. The molecule has 272 valence electrons. The molecule has 21 nitrogen and oxygen atoms in total. The van der Waals surface area contributed by atoms with Crippen molar-refractivity contribution in [1.82, 2.24) is 25.9 Å². The summed E-state index contributed by atoms with van der Waals surface area (Å²) in [7, 11) is 0. The number of aliphatic carboxylic acids is 4. The molecule has 0 radical (unpaired) electrons. The largest absolute Gasteiger partial charge is 0.481 e. The van der Waals surface area contributed by atoms with E-state index < -0.39 is 104 Å². The van der Waals surface area contributed by atoms with Gasteiger partial charge in [-0.05, 0) is 43.5 Å². The number of anilines is 3. The van der Waals surface area contributed by atoms with Crippen molar-refractivity contribution in [3.8, 4) is 0 Å². The maximum Gasteiger partial charge on any atom is 0.326 e. The van der Waals surface area contributed by atoms with Gasteiger partial charge >= 0.3 is 29.4 Å². The molecule has 2 aromatic rings. The molecule has 0 aliphatic carbocycles. The summed E-state index contributed by atoms with van der Waals surface area (Å²) in [6.07, 6.45) is -1.07. The molecule has 1 aromatic carbocycles. The molecular weight excluding hydrogens is 678 g/mol. The van der Waals surface area contributed by atoms with Crippen LogP contribution in [0.1, 0.15) is 48.9 Å². The number of fused-ring (bicyclic) bond motifs is 3. The van der Waals surface area contributed by atoms with Crippen LogP contribution in [0.3, 0.4) is 0 Å². The minimum atomic E-state index is -1.59. The van der Waals surface area contributed by atoms with Crippen LogP contribution in [0.15, 0.2) is 29.1 Å². The van der Waals surface area contributed by atoms with Crippen LogP contribution in [0.5, 0.6) is 0 Å². The summed E-state index contributed by atoms with van der Waals surface area (Å²) in [5.74, 6) is -7.87. The van der Waals surface area contributed by atoms with Crippen molar-refractivity contribution in [2.45, 2.75) is 62.7 Å². The number of aromatic nitrogens is 2. The number of carbonyl (C=O) groups is 7. The summed E-state index contributed by atoms with van der Waals surface area (Å²) in [6, 6.07) is 1.50. The summed E-state index contributed by atoms with van der Waals surface area (Å²) in [5, 5.41) is 46.7. The molecule has 0 fully saturated rings. The van der Waals surface area contributed by atoms with Gasteiger partial charge in [0, 0.05) is 24.8 Å². The zero-order valence-corrected chi connectivity index (χ0v) is 26.8. The molecule has 11 N–H and O–H groups in total. The third-order valence-electron chi connectivity index (χ3n) is 8.04. The Kier molecular flexibility index (Phi) is 11.9. The topological polar surface area (TPSA) is 327 Å². The second-order valence-electron chi connectivity index (χ2n) is 11.7. The van der Waals surface area contributed by atoms with E-state index in [1.165, 1.54) is 12.1 Å². The van der Waals surface area contributed by atoms with E-state index in [0.717, 1.165) is 0 Å². The van der Waals surface area contributed by atoms with Crippen LogP contribution < -0.4 is 37.5 Å². The highest BCUT2D eigenvalue weighted by atomic mass is 16.4. The number of carbonyl (C=O) groups excluding carboxylic acids is 3. The lowest BCUT2D eigenvalue weighted by atomic mass is 10.1. The van der Waals surface area contributed by atoms with Crippen molar-refractivity contribution in [3.05, 3.63) is 40.2 Å². The van der Waals surface area contributed by atoms with Gasteiger partial charge in [-0.15, -0.1) is 0 Å². The second-order valence-corrected chi connectivity index (χ2v) is 11.7. The molecule has 4 rings (SSSR count). The SMILES string of the molecule is Nc1nc2c(c(=O)[nH]1)[N+]1=CN(c3ccc(C(=O)N[C@@H](CCC(=O)N[C@@H](CCC(=O)N[C@@H](CCC(=O)O)C(=O)O)C(=O)O)C(=O)O)cc3)C[C@H]1CN2. The highest BCUT2D eigenvalue weighted by Gasteiger charge is 2.39. The highest BCUT2D eigenvalue weighted by molar-refractivity contribution is 5.97. The Morgan fingerprint density at radius 1 is 0.843 bits per heavy atom.